The summed E-state index contributed by atoms with van der Waals surface area (Å²) in [5.41, 5.74) is 0.301. The number of hydrogen-bond donors (Lipinski definition) is 0. The third kappa shape index (κ3) is 5.35. The van der Waals surface area contributed by atoms with E-state index in [0.717, 1.165) is 17.4 Å². The molecule has 158 valence electrons. The van der Waals surface area contributed by atoms with Crippen LogP contribution in [-0.4, -0.2) is 24.9 Å². The van der Waals surface area contributed by atoms with Crippen molar-refractivity contribution in [3.05, 3.63) is 73.9 Å². The average molecular weight is 525 g/mol. The lowest BCUT2D eigenvalue weighted by molar-refractivity contribution is 0.0734. The summed E-state index contributed by atoms with van der Waals surface area (Å²) in [5.74, 6) is -0.419. The Morgan fingerprint density at radius 2 is 1.57 bits per heavy atom. The molecule has 0 N–H and O–H groups in total. The fourth-order valence-corrected chi connectivity index (χ4v) is 7.83. The highest BCUT2D eigenvalue weighted by Crippen LogP contribution is 2.35. The molecule has 1 aromatic heterocycles. The van der Waals surface area contributed by atoms with Gasteiger partial charge in [0.05, 0.1) is 19.6 Å². The molecule has 1 heterocycles. The number of rotatable bonds is 5. The molecular formula is C18H12Cl3NO5S3. The van der Waals surface area contributed by atoms with Crippen LogP contribution in [0, 0.1) is 0 Å². The van der Waals surface area contributed by atoms with E-state index in [0.29, 0.717) is 10.6 Å². The lowest BCUT2D eigenvalue weighted by Crippen LogP contribution is -2.08. The molecule has 0 fully saturated rings. The van der Waals surface area contributed by atoms with E-state index in [2.05, 4.69) is 3.77 Å². The minimum atomic E-state index is -4.30. The quantitative estimate of drug-likeness (QED) is 0.312. The number of sulfonamides is 1. The van der Waals surface area contributed by atoms with Gasteiger partial charge in [0.25, 0.3) is 10.0 Å². The Hall–Kier alpha value is -1.62. The van der Waals surface area contributed by atoms with Crippen LogP contribution >= 0.6 is 46.1 Å². The maximum absolute atomic E-state index is 12.9. The van der Waals surface area contributed by atoms with E-state index in [4.69, 9.17) is 39.5 Å². The zero-order chi connectivity index (χ0) is 22.1. The number of ether oxygens (including phenoxy) is 1. The maximum atomic E-state index is 12.9. The highest BCUT2D eigenvalue weighted by molar-refractivity contribution is 8.03. The molecule has 12 heteroatoms. The summed E-state index contributed by atoms with van der Waals surface area (Å²) in [6.07, 6.45) is 1.18. The largest absolute Gasteiger partial charge is 0.423 e. The molecule has 0 aliphatic rings. The number of nitrogens with zero attached hydrogens (tertiary/aromatic N) is 1. The van der Waals surface area contributed by atoms with Gasteiger partial charge in [-0.05, 0) is 54.6 Å². The number of carbonyl (C=O) groups is 1. The summed E-state index contributed by atoms with van der Waals surface area (Å²) < 4.78 is 46.8. The molecule has 3 aromatic rings. The van der Waals surface area contributed by atoms with Crippen molar-refractivity contribution in [2.75, 3.05) is 6.26 Å². The van der Waals surface area contributed by atoms with Gasteiger partial charge in [-0.3, -0.25) is 0 Å². The number of thiophene rings is 1. The van der Waals surface area contributed by atoms with Gasteiger partial charge in [-0.25, -0.2) is 9.00 Å². The lowest BCUT2D eigenvalue weighted by atomic mass is 10.2. The average Bonchev–Trinajstić information content (AvgIpc) is 3.01. The molecular weight excluding hydrogens is 513 g/mol. The van der Waals surface area contributed by atoms with Crippen LogP contribution in [0.25, 0.3) is 0 Å². The van der Waals surface area contributed by atoms with Crippen LogP contribution in [0.15, 0.2) is 68.2 Å². The van der Waals surface area contributed by atoms with Crippen molar-refractivity contribution in [3.63, 3.8) is 0 Å². The van der Waals surface area contributed by atoms with E-state index in [1.54, 1.807) is 12.1 Å². The Balaban J connectivity index is 1.84. The molecule has 0 saturated heterocycles. The van der Waals surface area contributed by atoms with Crippen LogP contribution in [0.5, 0.6) is 5.75 Å². The zero-order valence-electron chi connectivity index (χ0n) is 15.0. The molecule has 30 heavy (non-hydrogen) atoms. The monoisotopic (exact) mass is 523 g/mol. The molecule has 0 aliphatic carbocycles. The Morgan fingerprint density at radius 1 is 0.967 bits per heavy atom. The van der Waals surface area contributed by atoms with Crippen molar-refractivity contribution in [1.29, 1.82) is 0 Å². The van der Waals surface area contributed by atoms with Gasteiger partial charge in [-0.2, -0.15) is 8.42 Å². The summed E-state index contributed by atoms with van der Waals surface area (Å²) in [5, 5.41) is 0.485. The van der Waals surface area contributed by atoms with Crippen molar-refractivity contribution in [2.45, 2.75) is 9.79 Å². The van der Waals surface area contributed by atoms with Gasteiger partial charge in [0.15, 0.2) is 0 Å². The fraction of sp³-hybridized carbons (Fsp3) is 0.0556. The third-order valence-corrected chi connectivity index (χ3v) is 9.62. The predicted octanol–water partition coefficient (Wildman–Crippen LogP) is 5.77. The molecule has 0 aliphatic heterocycles. The van der Waals surface area contributed by atoms with Gasteiger partial charge < -0.3 is 4.74 Å². The van der Waals surface area contributed by atoms with Gasteiger partial charge in [0.1, 0.15) is 15.0 Å². The van der Waals surface area contributed by atoms with Crippen molar-refractivity contribution >= 4 is 71.9 Å². The highest BCUT2D eigenvalue weighted by atomic mass is 35.5. The first kappa shape index (κ1) is 23.1. The van der Waals surface area contributed by atoms with Gasteiger partial charge in [-0.1, -0.05) is 34.8 Å². The van der Waals surface area contributed by atoms with Crippen LogP contribution in [0.2, 0.25) is 13.7 Å². The molecule has 0 amide bonds. The maximum Gasteiger partial charge on any atom is 0.343 e. The van der Waals surface area contributed by atoms with Crippen LogP contribution in [0.3, 0.4) is 0 Å². The molecule has 1 atom stereocenters. The number of esters is 1. The van der Waals surface area contributed by atoms with E-state index in [1.165, 1.54) is 42.7 Å². The van der Waals surface area contributed by atoms with Gasteiger partial charge in [0.2, 0.25) is 0 Å². The molecule has 0 radical (unpaired) electrons. The standard InChI is InChI=1S/C18H12Cl3NO5S3/c1-29(24,22-30(25,26)15-10-16(20)28-17(15)21)14-8-6-13(7-9-14)27-18(23)11-2-4-12(19)5-3-11/h2-10H,1H3. The van der Waals surface area contributed by atoms with E-state index in [1.807, 2.05) is 0 Å². The SMILES string of the molecule is CS(=O)(=NS(=O)(=O)c1cc(Cl)sc1Cl)c1ccc(OC(=O)c2ccc(Cl)cc2)cc1. The van der Waals surface area contributed by atoms with Crippen molar-refractivity contribution in [2.24, 2.45) is 3.77 Å². The van der Waals surface area contributed by atoms with Crippen LogP contribution in [0.4, 0.5) is 0 Å². The van der Waals surface area contributed by atoms with Gasteiger partial charge >= 0.3 is 5.97 Å². The molecule has 0 spiro atoms. The summed E-state index contributed by atoms with van der Waals surface area (Å²) in [7, 11) is -7.64. The van der Waals surface area contributed by atoms with E-state index >= 15 is 0 Å². The first-order valence-electron chi connectivity index (χ1n) is 7.99. The topological polar surface area (TPSA) is 89.9 Å². The molecule has 0 saturated carbocycles. The molecule has 2 aromatic carbocycles. The molecule has 1 unspecified atom stereocenters. The number of halogens is 3. The molecule has 3 rings (SSSR count). The second kappa shape index (κ2) is 8.86. The number of hydrogen-bond acceptors (Lipinski definition) is 6. The minimum Gasteiger partial charge on any atom is -0.423 e. The van der Waals surface area contributed by atoms with Crippen LogP contribution in [-0.2, 0) is 19.8 Å². The Kier molecular flexibility index (Phi) is 6.81. The smallest absolute Gasteiger partial charge is 0.343 e. The molecule has 0 bridgehead atoms. The number of carbonyl (C=O) groups excluding carboxylic acids is 1. The summed E-state index contributed by atoms with van der Waals surface area (Å²) in [6, 6.07) is 12.8. The first-order valence-corrected chi connectivity index (χ1v) is 13.3. The molecule has 6 nitrogen and oxygen atoms in total. The third-order valence-electron chi connectivity index (χ3n) is 3.70. The van der Waals surface area contributed by atoms with Crippen molar-refractivity contribution < 1.29 is 22.2 Å². The van der Waals surface area contributed by atoms with Crippen LogP contribution in [0.1, 0.15) is 10.4 Å². The van der Waals surface area contributed by atoms with Gasteiger partial charge in [0, 0.05) is 16.2 Å². The summed E-state index contributed by atoms with van der Waals surface area (Å²) in [6.45, 7) is 0. The Bertz CT molecular complexity index is 1320. The second-order valence-electron chi connectivity index (χ2n) is 5.91. The summed E-state index contributed by atoms with van der Waals surface area (Å²) >= 11 is 18.3. The Labute approximate surface area is 192 Å². The predicted molar refractivity (Wildman–Crippen MR) is 119 cm³/mol. The summed E-state index contributed by atoms with van der Waals surface area (Å²) in [4.78, 5) is 12.0. The van der Waals surface area contributed by atoms with E-state index < -0.39 is 25.7 Å². The normalized spacial score (nSPS) is 13.5. The number of benzene rings is 2. The van der Waals surface area contributed by atoms with Crippen molar-refractivity contribution in [1.82, 2.24) is 0 Å². The van der Waals surface area contributed by atoms with Gasteiger partial charge in [-0.15, -0.1) is 15.1 Å². The van der Waals surface area contributed by atoms with Crippen molar-refractivity contribution in [3.8, 4) is 5.75 Å². The Morgan fingerprint density at radius 3 is 2.10 bits per heavy atom. The zero-order valence-corrected chi connectivity index (χ0v) is 19.8. The first-order chi connectivity index (χ1) is 14.0. The fourth-order valence-electron chi connectivity index (χ4n) is 2.28. The highest BCUT2D eigenvalue weighted by Gasteiger charge is 2.23. The minimum absolute atomic E-state index is 0.0663. The van der Waals surface area contributed by atoms with E-state index in [-0.39, 0.29) is 24.2 Å². The lowest BCUT2D eigenvalue weighted by Gasteiger charge is -2.07. The van der Waals surface area contributed by atoms with Crippen LogP contribution < -0.4 is 4.74 Å². The van der Waals surface area contributed by atoms with E-state index in [9.17, 15) is 17.4 Å². The second-order valence-corrected chi connectivity index (χ2v) is 12.7.